The number of fused-ring (bicyclic) bond motifs is 2. The highest BCUT2D eigenvalue weighted by Gasteiger charge is 2.24. The average Bonchev–Trinajstić information content (AvgIpc) is 3.41. The molecule has 3 heteroatoms. The Labute approximate surface area is 391 Å². The van der Waals surface area contributed by atoms with Gasteiger partial charge in [-0.05, 0) is 141 Å². The number of rotatable bonds is 10. The van der Waals surface area contributed by atoms with Crippen molar-refractivity contribution in [1.82, 2.24) is 0 Å². The van der Waals surface area contributed by atoms with Gasteiger partial charge in [-0.25, -0.2) is 0 Å². The minimum Gasteiger partial charge on any atom is -0.455 e. The Morgan fingerprint density at radius 1 is 0.239 bits per heavy atom. The molecule has 3 nitrogen and oxygen atoms in total. The van der Waals surface area contributed by atoms with Gasteiger partial charge in [0.1, 0.15) is 11.5 Å². The van der Waals surface area contributed by atoms with Crippen molar-refractivity contribution in [1.29, 1.82) is 0 Å². The molecular formula is C64H44N2O. The van der Waals surface area contributed by atoms with Gasteiger partial charge in [0.2, 0.25) is 0 Å². The smallest absolute Gasteiger partial charge is 0.143 e. The molecule has 0 saturated heterocycles. The molecule has 11 aromatic rings. The summed E-state index contributed by atoms with van der Waals surface area (Å²) in [7, 11) is 0. The molecule has 12 rings (SSSR count). The number of para-hydroxylation sites is 2. The van der Waals surface area contributed by atoms with Crippen LogP contribution in [0.3, 0.4) is 0 Å². The van der Waals surface area contributed by atoms with Gasteiger partial charge < -0.3 is 14.5 Å². The minimum absolute atomic E-state index is 0.851. The second-order valence-electron chi connectivity index (χ2n) is 16.9. The van der Waals surface area contributed by atoms with Crippen LogP contribution in [0.5, 0.6) is 11.5 Å². The zero-order valence-corrected chi connectivity index (χ0v) is 36.7. The van der Waals surface area contributed by atoms with Crippen molar-refractivity contribution in [2.45, 2.75) is 0 Å². The fourth-order valence-electron chi connectivity index (χ4n) is 9.53. The van der Waals surface area contributed by atoms with Crippen LogP contribution >= 0.6 is 0 Å². The Morgan fingerprint density at radius 3 is 1.09 bits per heavy atom. The van der Waals surface area contributed by atoms with Gasteiger partial charge in [-0.3, -0.25) is 0 Å². The van der Waals surface area contributed by atoms with E-state index in [0.29, 0.717) is 0 Å². The first-order valence-electron chi connectivity index (χ1n) is 22.8. The molecule has 0 radical (unpaired) electrons. The molecule has 0 aromatic heterocycles. The van der Waals surface area contributed by atoms with E-state index in [1.54, 1.807) is 0 Å². The van der Waals surface area contributed by atoms with Crippen molar-refractivity contribution in [3.8, 4) is 67.1 Å². The predicted octanol–water partition coefficient (Wildman–Crippen LogP) is 18.2. The maximum atomic E-state index is 7.06. The number of hydrogen-bond acceptors (Lipinski definition) is 3. The molecule has 0 saturated carbocycles. The topological polar surface area (TPSA) is 15.7 Å². The normalized spacial score (nSPS) is 11.4. The number of hydrogen-bond donors (Lipinski definition) is 0. The molecule has 1 aliphatic heterocycles. The first-order chi connectivity index (χ1) is 33.2. The van der Waals surface area contributed by atoms with E-state index in [-0.39, 0.29) is 0 Å². The average molecular weight is 857 g/mol. The van der Waals surface area contributed by atoms with Crippen LogP contribution in [0, 0.1) is 0 Å². The lowest BCUT2D eigenvalue weighted by atomic mass is 9.90. The van der Waals surface area contributed by atoms with Crippen LogP contribution < -0.4 is 14.5 Å². The monoisotopic (exact) mass is 856 g/mol. The van der Waals surface area contributed by atoms with Gasteiger partial charge in [-0.1, -0.05) is 176 Å². The van der Waals surface area contributed by atoms with Crippen molar-refractivity contribution in [3.63, 3.8) is 0 Å². The molecule has 0 N–H and O–H groups in total. The largest absolute Gasteiger partial charge is 0.455 e. The lowest BCUT2D eigenvalue weighted by Crippen LogP contribution is -2.09. The molecule has 1 aliphatic rings. The molecule has 0 unspecified atom stereocenters. The zero-order chi connectivity index (χ0) is 44.5. The summed E-state index contributed by atoms with van der Waals surface area (Å²) in [5, 5.41) is 2.30. The molecule has 1 heterocycles. The Hall–Kier alpha value is -8.92. The Bertz CT molecular complexity index is 3360. The van der Waals surface area contributed by atoms with Crippen LogP contribution in [-0.4, -0.2) is 0 Å². The summed E-state index contributed by atoms with van der Waals surface area (Å²) >= 11 is 0. The summed E-state index contributed by atoms with van der Waals surface area (Å²) < 4.78 is 7.06. The molecular weight excluding hydrogens is 813 g/mol. The third kappa shape index (κ3) is 7.59. The first-order valence-corrected chi connectivity index (χ1v) is 22.8. The number of ether oxygens (including phenoxy) is 1. The van der Waals surface area contributed by atoms with Crippen LogP contribution in [0.1, 0.15) is 0 Å². The van der Waals surface area contributed by atoms with Gasteiger partial charge >= 0.3 is 0 Å². The SMILES string of the molecule is c1ccc(-c2ccc(N(c3ccc(-c4ccccc4)cc3)c3ccc(-c4ccc5c(c4)Oc4c(-c6ccc(N(c7ccccc7)c7ccccc7)cc6)ccc6cccc-5c46)cc3)cc2)cc1. The third-order valence-electron chi connectivity index (χ3n) is 12.9. The third-order valence-corrected chi connectivity index (χ3v) is 12.9. The van der Waals surface area contributed by atoms with E-state index >= 15 is 0 Å². The van der Waals surface area contributed by atoms with Crippen LogP contribution in [-0.2, 0) is 0 Å². The maximum absolute atomic E-state index is 7.06. The molecule has 0 fully saturated rings. The van der Waals surface area contributed by atoms with E-state index in [2.05, 4.69) is 277 Å². The highest BCUT2D eigenvalue weighted by molar-refractivity contribution is 6.08. The summed E-state index contributed by atoms with van der Waals surface area (Å²) in [5.41, 5.74) is 18.0. The molecule has 0 bridgehead atoms. The lowest BCUT2D eigenvalue weighted by molar-refractivity contribution is 0.489. The second kappa shape index (κ2) is 17.2. The van der Waals surface area contributed by atoms with E-state index in [1.165, 1.54) is 27.8 Å². The summed E-state index contributed by atoms with van der Waals surface area (Å²) in [4.78, 5) is 4.62. The number of nitrogens with zero attached hydrogens (tertiary/aromatic N) is 2. The van der Waals surface area contributed by atoms with Gasteiger partial charge in [0.25, 0.3) is 0 Å². The fourth-order valence-corrected chi connectivity index (χ4v) is 9.53. The summed E-state index contributed by atoms with van der Waals surface area (Å²) in [6.07, 6.45) is 0. The summed E-state index contributed by atoms with van der Waals surface area (Å²) in [5.74, 6) is 1.74. The van der Waals surface area contributed by atoms with Crippen molar-refractivity contribution < 1.29 is 4.74 Å². The number of benzene rings is 11. The van der Waals surface area contributed by atoms with Gasteiger partial charge in [0.05, 0.1) is 0 Å². The van der Waals surface area contributed by atoms with Gasteiger partial charge in [0.15, 0.2) is 0 Å². The molecule has 0 spiro atoms. The van der Waals surface area contributed by atoms with Crippen LogP contribution in [0.15, 0.2) is 267 Å². The molecule has 0 atom stereocenters. The van der Waals surface area contributed by atoms with E-state index in [0.717, 1.165) is 84.2 Å². The van der Waals surface area contributed by atoms with Gasteiger partial charge in [-0.15, -0.1) is 0 Å². The Morgan fingerprint density at radius 2 is 0.612 bits per heavy atom. The molecule has 11 aromatic carbocycles. The summed E-state index contributed by atoms with van der Waals surface area (Å²) in [6.45, 7) is 0. The highest BCUT2D eigenvalue weighted by atomic mass is 16.5. The highest BCUT2D eigenvalue weighted by Crippen LogP contribution is 2.51. The Balaban J connectivity index is 0.874. The van der Waals surface area contributed by atoms with Crippen LogP contribution in [0.25, 0.3) is 66.4 Å². The predicted molar refractivity (Wildman–Crippen MR) is 281 cm³/mol. The Kier molecular flexibility index (Phi) is 10.2. The van der Waals surface area contributed by atoms with E-state index in [4.69, 9.17) is 4.74 Å². The first kappa shape index (κ1) is 39.7. The molecule has 0 amide bonds. The summed E-state index contributed by atoms with van der Waals surface area (Å²) in [6, 6.07) is 95.2. The standard InChI is InChI=1S/C64H44N2O/c1-5-14-45(15-6-1)47-24-34-55(35-25-47)66(56-36-26-48(27-37-56)46-16-7-2-8-17-46)57-38-28-49(29-39-57)52-33-43-60-61-23-13-18-51-32-42-59(64(63(51)61)67-62(60)44-52)50-30-40-58(41-31-50)65(53-19-9-3-10-20-53)54-21-11-4-12-22-54/h1-44H. The van der Waals surface area contributed by atoms with Crippen molar-refractivity contribution in [3.05, 3.63) is 267 Å². The zero-order valence-electron chi connectivity index (χ0n) is 36.7. The van der Waals surface area contributed by atoms with Crippen LogP contribution in [0.4, 0.5) is 34.1 Å². The minimum atomic E-state index is 0.851. The van der Waals surface area contributed by atoms with Crippen LogP contribution in [0.2, 0.25) is 0 Å². The molecule has 316 valence electrons. The molecule has 0 aliphatic carbocycles. The van der Waals surface area contributed by atoms with E-state index in [1.807, 2.05) is 0 Å². The molecule has 67 heavy (non-hydrogen) atoms. The van der Waals surface area contributed by atoms with Gasteiger partial charge in [0, 0.05) is 50.6 Å². The van der Waals surface area contributed by atoms with Gasteiger partial charge in [-0.2, -0.15) is 0 Å². The fraction of sp³-hybridized carbons (Fsp3) is 0. The maximum Gasteiger partial charge on any atom is 0.143 e. The van der Waals surface area contributed by atoms with E-state index in [9.17, 15) is 0 Å². The number of anilines is 6. The second-order valence-corrected chi connectivity index (χ2v) is 16.9. The quantitative estimate of drug-likeness (QED) is 0.136. The lowest BCUT2D eigenvalue weighted by Gasteiger charge is -2.27. The van der Waals surface area contributed by atoms with Crippen molar-refractivity contribution in [2.24, 2.45) is 0 Å². The van der Waals surface area contributed by atoms with E-state index < -0.39 is 0 Å². The van der Waals surface area contributed by atoms with Crippen molar-refractivity contribution >= 4 is 44.9 Å². The van der Waals surface area contributed by atoms with Crippen molar-refractivity contribution in [2.75, 3.05) is 9.80 Å².